The molecule has 2 aliphatic heterocycles. The van der Waals surface area contributed by atoms with Gasteiger partial charge in [0, 0.05) is 25.6 Å². The summed E-state index contributed by atoms with van der Waals surface area (Å²) in [4.78, 5) is 27.2. The van der Waals surface area contributed by atoms with Crippen LogP contribution in [0.5, 0.6) is 5.75 Å². The highest BCUT2D eigenvalue weighted by molar-refractivity contribution is 5.78. The van der Waals surface area contributed by atoms with Crippen molar-refractivity contribution in [3.05, 3.63) is 30.1 Å². The van der Waals surface area contributed by atoms with Crippen LogP contribution >= 0.6 is 0 Å². The second-order valence-electron chi connectivity index (χ2n) is 6.43. The first-order valence-electron chi connectivity index (χ1n) is 8.21. The molecule has 0 unspecified atom stereocenters. The summed E-state index contributed by atoms with van der Waals surface area (Å²) in [7, 11) is 0. The molecule has 1 aromatic rings. The Hall–Kier alpha value is -2.19. The fourth-order valence-electron chi connectivity index (χ4n) is 3.32. The van der Waals surface area contributed by atoms with Gasteiger partial charge in [-0.05, 0) is 24.3 Å². The zero-order valence-corrected chi connectivity index (χ0v) is 13.8. The lowest BCUT2D eigenvalue weighted by Crippen LogP contribution is -2.48. The molecule has 0 spiro atoms. The maximum absolute atomic E-state index is 12.9. The molecule has 2 heterocycles. The van der Waals surface area contributed by atoms with E-state index in [-0.39, 0.29) is 36.8 Å². The number of carbonyl (C=O) groups excluding carboxylic acids is 1. The number of fused-ring (bicyclic) bond motifs is 3. The number of carboxylic acids is 1. The number of carboxylic acid groups (broad SMARTS) is 1. The number of carbonyl (C=O) groups is 2. The average molecular weight is 352 g/mol. The molecule has 3 rings (SSSR count). The summed E-state index contributed by atoms with van der Waals surface area (Å²) in [5, 5.41) is 9.03. The molecule has 0 radical (unpaired) electrons. The predicted molar refractivity (Wildman–Crippen MR) is 85.8 cm³/mol. The van der Waals surface area contributed by atoms with E-state index in [0.29, 0.717) is 38.6 Å². The Morgan fingerprint density at radius 3 is 2.68 bits per heavy atom. The Kier molecular flexibility index (Phi) is 5.50. The number of aliphatic carboxylic acids is 1. The van der Waals surface area contributed by atoms with E-state index < -0.39 is 5.97 Å². The van der Waals surface area contributed by atoms with E-state index >= 15 is 0 Å². The first-order chi connectivity index (χ1) is 12.0. The van der Waals surface area contributed by atoms with Gasteiger partial charge in [0.05, 0.1) is 25.8 Å². The Morgan fingerprint density at radius 2 is 1.96 bits per heavy atom. The van der Waals surface area contributed by atoms with Crippen molar-refractivity contribution in [3.8, 4) is 5.75 Å². The minimum Gasteiger partial charge on any atom is -0.484 e. The summed E-state index contributed by atoms with van der Waals surface area (Å²) >= 11 is 0. The Labute approximate surface area is 144 Å². The molecule has 0 aliphatic carbocycles. The normalized spacial score (nSPS) is 23.8. The van der Waals surface area contributed by atoms with Crippen LogP contribution in [0.15, 0.2) is 24.3 Å². The van der Waals surface area contributed by atoms with Gasteiger partial charge in [-0.3, -0.25) is 14.5 Å². The third kappa shape index (κ3) is 4.67. The minimum absolute atomic E-state index is 0.0406. The Morgan fingerprint density at radius 1 is 1.20 bits per heavy atom. The maximum Gasteiger partial charge on any atom is 0.317 e. The summed E-state index contributed by atoms with van der Waals surface area (Å²) in [6.45, 7) is 2.28. The quantitative estimate of drug-likeness (QED) is 0.829. The summed E-state index contributed by atoms with van der Waals surface area (Å²) in [5.74, 6) is -0.922. The minimum atomic E-state index is -0.876. The van der Waals surface area contributed by atoms with Crippen LogP contribution in [0.2, 0.25) is 0 Å². The van der Waals surface area contributed by atoms with Crippen LogP contribution in [0.3, 0.4) is 0 Å². The number of nitrogens with zero attached hydrogens (tertiary/aromatic N) is 2. The number of halogens is 1. The van der Waals surface area contributed by atoms with Crippen molar-refractivity contribution >= 4 is 11.9 Å². The van der Waals surface area contributed by atoms with Crippen molar-refractivity contribution in [3.63, 3.8) is 0 Å². The van der Waals surface area contributed by atoms with Gasteiger partial charge in [-0.15, -0.1) is 0 Å². The van der Waals surface area contributed by atoms with Gasteiger partial charge in [0.2, 0.25) is 0 Å². The van der Waals surface area contributed by atoms with Crippen molar-refractivity contribution in [2.75, 3.05) is 46.0 Å². The smallest absolute Gasteiger partial charge is 0.317 e. The second kappa shape index (κ2) is 7.79. The van der Waals surface area contributed by atoms with Crippen LogP contribution in [0.4, 0.5) is 4.39 Å². The van der Waals surface area contributed by atoms with E-state index in [2.05, 4.69) is 0 Å². The van der Waals surface area contributed by atoms with Crippen molar-refractivity contribution < 1.29 is 28.6 Å². The molecule has 2 bridgehead atoms. The van der Waals surface area contributed by atoms with E-state index in [1.807, 2.05) is 4.90 Å². The number of hydrogen-bond donors (Lipinski definition) is 1. The molecular formula is C17H21FN2O5. The molecule has 2 saturated heterocycles. The maximum atomic E-state index is 12.9. The third-order valence-corrected chi connectivity index (χ3v) is 4.40. The summed E-state index contributed by atoms with van der Waals surface area (Å²) in [6, 6.07) is 5.30. The van der Waals surface area contributed by atoms with Crippen molar-refractivity contribution in [2.45, 2.75) is 6.04 Å². The lowest BCUT2D eigenvalue weighted by atomic mass is 10.1. The molecule has 7 nitrogen and oxygen atoms in total. The molecule has 1 N–H and O–H groups in total. The fourth-order valence-corrected chi connectivity index (χ4v) is 3.32. The molecule has 0 aromatic heterocycles. The van der Waals surface area contributed by atoms with E-state index in [1.165, 1.54) is 24.3 Å². The van der Waals surface area contributed by atoms with Crippen LogP contribution in [0.1, 0.15) is 0 Å². The number of benzene rings is 1. The van der Waals surface area contributed by atoms with Crippen LogP contribution in [-0.2, 0) is 14.3 Å². The van der Waals surface area contributed by atoms with Crippen molar-refractivity contribution in [2.24, 2.45) is 5.92 Å². The first kappa shape index (κ1) is 17.6. The molecule has 136 valence electrons. The summed E-state index contributed by atoms with van der Waals surface area (Å²) in [6.07, 6.45) is 0. The molecule has 0 saturated carbocycles. The van der Waals surface area contributed by atoms with Gasteiger partial charge in [-0.2, -0.15) is 0 Å². The van der Waals surface area contributed by atoms with E-state index in [4.69, 9.17) is 14.6 Å². The molecule has 2 fully saturated rings. The average Bonchev–Trinajstić information content (AvgIpc) is 2.84. The van der Waals surface area contributed by atoms with Crippen LogP contribution in [-0.4, -0.2) is 78.8 Å². The van der Waals surface area contributed by atoms with Crippen LogP contribution in [0.25, 0.3) is 0 Å². The molecule has 1 amide bonds. The summed E-state index contributed by atoms with van der Waals surface area (Å²) < 4.78 is 24.0. The Balaban J connectivity index is 1.63. The number of rotatable bonds is 5. The largest absolute Gasteiger partial charge is 0.484 e. The van der Waals surface area contributed by atoms with Crippen LogP contribution in [0, 0.1) is 11.7 Å². The zero-order chi connectivity index (χ0) is 17.8. The van der Waals surface area contributed by atoms with Gasteiger partial charge in [0.1, 0.15) is 11.6 Å². The molecular weight excluding hydrogens is 331 g/mol. The summed E-state index contributed by atoms with van der Waals surface area (Å²) in [5.41, 5.74) is 0. The first-order valence-corrected chi connectivity index (χ1v) is 8.21. The van der Waals surface area contributed by atoms with E-state index in [0.717, 1.165) is 0 Å². The van der Waals surface area contributed by atoms with E-state index in [1.54, 1.807) is 4.90 Å². The number of hydrogen-bond acceptors (Lipinski definition) is 5. The van der Waals surface area contributed by atoms with Gasteiger partial charge in [-0.25, -0.2) is 4.39 Å². The van der Waals surface area contributed by atoms with Gasteiger partial charge in [0.25, 0.3) is 5.91 Å². The lowest BCUT2D eigenvalue weighted by Gasteiger charge is -2.30. The molecule has 25 heavy (non-hydrogen) atoms. The van der Waals surface area contributed by atoms with Gasteiger partial charge >= 0.3 is 5.97 Å². The molecule has 2 atom stereocenters. The standard InChI is InChI=1S/C17H21FN2O5/c18-13-1-3-15(4-2-13)25-11-16(21)20-6-12-5-19(8-17(22)23)7-14(20)10-24-9-12/h1-4,12,14H,5-11H2,(H,22,23)/t12-,14-/m0/s1. The van der Waals surface area contributed by atoms with E-state index in [9.17, 15) is 14.0 Å². The predicted octanol–water partition coefficient (Wildman–Crippen LogP) is 0.448. The highest BCUT2D eigenvalue weighted by Gasteiger charge is 2.36. The monoisotopic (exact) mass is 352 g/mol. The molecule has 1 aromatic carbocycles. The highest BCUT2D eigenvalue weighted by Crippen LogP contribution is 2.20. The van der Waals surface area contributed by atoms with Crippen molar-refractivity contribution in [1.29, 1.82) is 0 Å². The lowest BCUT2D eigenvalue weighted by molar-refractivity contribution is -0.138. The molecule has 8 heteroatoms. The third-order valence-electron chi connectivity index (χ3n) is 4.40. The Bertz CT molecular complexity index is 624. The zero-order valence-electron chi connectivity index (χ0n) is 13.8. The second-order valence-corrected chi connectivity index (χ2v) is 6.43. The van der Waals surface area contributed by atoms with Crippen molar-refractivity contribution in [1.82, 2.24) is 9.80 Å². The van der Waals surface area contributed by atoms with Gasteiger partial charge < -0.3 is 19.5 Å². The fraction of sp³-hybridized carbons (Fsp3) is 0.529. The van der Waals surface area contributed by atoms with Crippen LogP contribution < -0.4 is 4.74 Å². The highest BCUT2D eigenvalue weighted by atomic mass is 19.1. The van der Waals surface area contributed by atoms with Gasteiger partial charge in [-0.1, -0.05) is 0 Å². The molecule has 2 aliphatic rings. The number of ether oxygens (including phenoxy) is 2. The van der Waals surface area contributed by atoms with Gasteiger partial charge in [0.15, 0.2) is 6.61 Å². The topological polar surface area (TPSA) is 79.3 Å². The SMILES string of the molecule is O=C(O)CN1C[C@@H]2COC[C@H](C1)N(C(=O)COc1ccc(F)cc1)C2. The number of amides is 1.